The molecule has 0 radical (unpaired) electrons. The number of nitrogens with one attached hydrogen (secondary N) is 1. The summed E-state index contributed by atoms with van der Waals surface area (Å²) in [6, 6.07) is 5.09. The van der Waals surface area contributed by atoms with Gasteiger partial charge in [-0.25, -0.2) is 4.39 Å². The van der Waals surface area contributed by atoms with Gasteiger partial charge >= 0.3 is 0 Å². The molecule has 1 unspecified atom stereocenters. The summed E-state index contributed by atoms with van der Waals surface area (Å²) in [6.45, 7) is 2.66. The molecule has 0 heterocycles. The van der Waals surface area contributed by atoms with E-state index in [1.807, 2.05) is 0 Å². The average Bonchev–Trinajstić information content (AvgIpc) is 3.27. The zero-order chi connectivity index (χ0) is 14.5. The maximum absolute atomic E-state index is 13.9. The van der Waals surface area contributed by atoms with E-state index < -0.39 is 0 Å². The van der Waals surface area contributed by atoms with Crippen LogP contribution >= 0.6 is 0 Å². The van der Waals surface area contributed by atoms with E-state index in [-0.39, 0.29) is 11.7 Å². The number of nitrogens with zero attached hydrogens (tertiary/aromatic N) is 1. The van der Waals surface area contributed by atoms with Gasteiger partial charge in [-0.3, -0.25) is 0 Å². The molecule has 4 N–H and O–H groups in total. The zero-order valence-electron chi connectivity index (χ0n) is 11.8. The third-order valence-electron chi connectivity index (χ3n) is 3.85. The number of oxime groups is 1. The molecule has 0 saturated heterocycles. The van der Waals surface area contributed by atoms with E-state index in [0.717, 1.165) is 12.3 Å². The smallest absolute Gasteiger partial charge is 0.170 e. The predicted octanol–water partition coefficient (Wildman–Crippen LogP) is 2.59. The molecule has 5 heteroatoms. The number of nitrogens with two attached hydrogens (primary N) is 1. The Labute approximate surface area is 118 Å². The lowest BCUT2D eigenvalue weighted by Crippen LogP contribution is -2.28. The Morgan fingerprint density at radius 2 is 2.30 bits per heavy atom. The maximum atomic E-state index is 13.9. The molecule has 4 nitrogen and oxygen atoms in total. The number of halogens is 1. The van der Waals surface area contributed by atoms with Crippen molar-refractivity contribution in [2.24, 2.45) is 16.8 Å². The standard InChI is InChI=1S/C15H22FN3O/c1-2-13(7-10-3-4-10)18-9-12-6-5-11(8-14(12)16)15(17)19-20/h5-6,8,10,13,18,20H,2-4,7,9H2,1H3,(H2,17,19). The number of amidine groups is 1. The predicted molar refractivity (Wildman–Crippen MR) is 77.2 cm³/mol. The van der Waals surface area contributed by atoms with Gasteiger partial charge in [-0.2, -0.15) is 0 Å². The van der Waals surface area contributed by atoms with Gasteiger partial charge in [-0.1, -0.05) is 37.1 Å². The first-order chi connectivity index (χ1) is 9.63. The third kappa shape index (κ3) is 3.93. The van der Waals surface area contributed by atoms with E-state index in [4.69, 9.17) is 10.9 Å². The highest BCUT2D eigenvalue weighted by molar-refractivity contribution is 5.97. The molecule has 1 aromatic carbocycles. The minimum absolute atomic E-state index is 0.0800. The van der Waals surface area contributed by atoms with Crippen LogP contribution < -0.4 is 11.1 Å². The van der Waals surface area contributed by atoms with Crippen molar-refractivity contribution < 1.29 is 9.60 Å². The van der Waals surface area contributed by atoms with Gasteiger partial charge < -0.3 is 16.3 Å². The molecule has 110 valence electrons. The van der Waals surface area contributed by atoms with Crippen LogP contribution in [0.5, 0.6) is 0 Å². The Morgan fingerprint density at radius 3 is 2.85 bits per heavy atom. The molecule has 1 aliphatic rings. The highest BCUT2D eigenvalue weighted by Crippen LogP contribution is 2.34. The van der Waals surface area contributed by atoms with E-state index in [0.29, 0.717) is 23.7 Å². The molecule has 1 aliphatic carbocycles. The second kappa shape index (κ2) is 6.70. The van der Waals surface area contributed by atoms with Crippen LogP contribution in [0.15, 0.2) is 23.4 Å². The number of hydrogen-bond donors (Lipinski definition) is 3. The molecule has 0 aliphatic heterocycles. The molecular formula is C15H22FN3O. The van der Waals surface area contributed by atoms with Crippen LogP contribution in [0.2, 0.25) is 0 Å². The van der Waals surface area contributed by atoms with E-state index in [1.165, 1.54) is 25.3 Å². The molecule has 1 saturated carbocycles. The number of rotatable bonds is 7. The summed E-state index contributed by atoms with van der Waals surface area (Å²) in [5.41, 5.74) is 6.43. The number of benzene rings is 1. The van der Waals surface area contributed by atoms with Crippen molar-refractivity contribution in [2.75, 3.05) is 0 Å². The molecule has 2 rings (SSSR count). The second-order valence-electron chi connectivity index (χ2n) is 5.46. The van der Waals surface area contributed by atoms with Gasteiger partial charge in [0.15, 0.2) is 5.84 Å². The molecule has 0 amide bonds. The monoisotopic (exact) mass is 279 g/mol. The lowest BCUT2D eigenvalue weighted by molar-refractivity contribution is 0.318. The molecule has 1 aromatic rings. The molecule has 20 heavy (non-hydrogen) atoms. The fourth-order valence-corrected chi connectivity index (χ4v) is 2.31. The zero-order valence-corrected chi connectivity index (χ0v) is 11.8. The van der Waals surface area contributed by atoms with Crippen molar-refractivity contribution in [3.63, 3.8) is 0 Å². The molecule has 1 atom stereocenters. The lowest BCUT2D eigenvalue weighted by atomic mass is 10.1. The molecule has 0 bridgehead atoms. The molecule has 1 fully saturated rings. The normalized spacial score (nSPS) is 17.2. The van der Waals surface area contributed by atoms with Crippen molar-refractivity contribution >= 4 is 5.84 Å². The topological polar surface area (TPSA) is 70.6 Å². The van der Waals surface area contributed by atoms with Gasteiger partial charge in [-0.05, 0) is 24.8 Å². The largest absolute Gasteiger partial charge is 0.409 e. The Bertz CT molecular complexity index is 486. The van der Waals surface area contributed by atoms with Crippen molar-refractivity contribution in [2.45, 2.75) is 45.2 Å². The van der Waals surface area contributed by atoms with Gasteiger partial charge in [0.1, 0.15) is 5.82 Å². The summed E-state index contributed by atoms with van der Waals surface area (Å²) in [5, 5.41) is 14.9. The Hall–Kier alpha value is -1.62. The van der Waals surface area contributed by atoms with Crippen molar-refractivity contribution in [3.8, 4) is 0 Å². The van der Waals surface area contributed by atoms with Crippen LogP contribution in [-0.2, 0) is 6.54 Å². The molecule has 0 aromatic heterocycles. The minimum atomic E-state index is -0.331. The third-order valence-corrected chi connectivity index (χ3v) is 3.85. The van der Waals surface area contributed by atoms with E-state index in [1.54, 1.807) is 12.1 Å². The summed E-state index contributed by atoms with van der Waals surface area (Å²) in [5.74, 6) is 0.451. The van der Waals surface area contributed by atoms with Crippen LogP contribution in [0.4, 0.5) is 4.39 Å². The lowest BCUT2D eigenvalue weighted by Gasteiger charge is -2.17. The van der Waals surface area contributed by atoms with Crippen LogP contribution in [0.25, 0.3) is 0 Å². The van der Waals surface area contributed by atoms with Crippen molar-refractivity contribution in [3.05, 3.63) is 35.1 Å². The summed E-state index contributed by atoms with van der Waals surface area (Å²) < 4.78 is 13.9. The second-order valence-corrected chi connectivity index (χ2v) is 5.46. The van der Waals surface area contributed by atoms with Gasteiger partial charge in [0.05, 0.1) is 0 Å². The van der Waals surface area contributed by atoms with Crippen molar-refractivity contribution in [1.29, 1.82) is 0 Å². The Balaban J connectivity index is 1.94. The SMILES string of the molecule is CCC(CC1CC1)NCc1ccc(C(N)=NO)cc1F. The molecular weight excluding hydrogens is 257 g/mol. The van der Waals surface area contributed by atoms with Crippen LogP contribution in [-0.4, -0.2) is 17.1 Å². The van der Waals surface area contributed by atoms with Gasteiger partial charge in [-0.15, -0.1) is 0 Å². The highest BCUT2D eigenvalue weighted by Gasteiger charge is 2.24. The van der Waals surface area contributed by atoms with E-state index in [9.17, 15) is 4.39 Å². The quantitative estimate of drug-likeness (QED) is 0.311. The highest BCUT2D eigenvalue weighted by atomic mass is 19.1. The first kappa shape index (κ1) is 14.8. The van der Waals surface area contributed by atoms with Crippen LogP contribution in [0.1, 0.15) is 43.7 Å². The fraction of sp³-hybridized carbons (Fsp3) is 0.533. The Morgan fingerprint density at radius 1 is 1.55 bits per heavy atom. The fourth-order valence-electron chi connectivity index (χ4n) is 2.31. The number of hydrogen-bond acceptors (Lipinski definition) is 3. The summed E-state index contributed by atoms with van der Waals surface area (Å²) in [4.78, 5) is 0. The van der Waals surface area contributed by atoms with E-state index >= 15 is 0 Å². The first-order valence-corrected chi connectivity index (χ1v) is 7.13. The summed E-state index contributed by atoms with van der Waals surface area (Å²) in [7, 11) is 0. The van der Waals surface area contributed by atoms with Crippen LogP contribution in [0, 0.1) is 11.7 Å². The minimum Gasteiger partial charge on any atom is -0.409 e. The van der Waals surface area contributed by atoms with E-state index in [2.05, 4.69) is 17.4 Å². The first-order valence-electron chi connectivity index (χ1n) is 7.13. The van der Waals surface area contributed by atoms with Gasteiger partial charge in [0, 0.05) is 23.7 Å². The Kier molecular flexibility index (Phi) is 4.95. The average molecular weight is 279 g/mol. The van der Waals surface area contributed by atoms with Gasteiger partial charge in [0.2, 0.25) is 0 Å². The maximum Gasteiger partial charge on any atom is 0.170 e. The molecule has 0 spiro atoms. The summed E-state index contributed by atoms with van der Waals surface area (Å²) in [6.07, 6.45) is 4.91. The van der Waals surface area contributed by atoms with Crippen molar-refractivity contribution in [1.82, 2.24) is 5.32 Å². The summed E-state index contributed by atoms with van der Waals surface area (Å²) >= 11 is 0. The van der Waals surface area contributed by atoms with Gasteiger partial charge in [0.25, 0.3) is 0 Å². The van der Waals surface area contributed by atoms with Crippen LogP contribution in [0.3, 0.4) is 0 Å².